The maximum absolute atomic E-state index is 12.8. The summed E-state index contributed by atoms with van der Waals surface area (Å²) in [5, 5.41) is 2.33. The number of halogens is 2. The summed E-state index contributed by atoms with van der Waals surface area (Å²) >= 11 is 0. The molecule has 1 aliphatic rings. The molecule has 0 fully saturated rings. The Morgan fingerprint density at radius 2 is 1.96 bits per heavy atom. The Balaban J connectivity index is 1.77. The number of hydrogen-bond donors (Lipinski definition) is 1. The van der Waals surface area contributed by atoms with Gasteiger partial charge in [-0.25, -0.2) is 8.42 Å². The zero-order valence-electron chi connectivity index (χ0n) is 13.5. The minimum Gasteiger partial charge on any atom is -0.493 e. The van der Waals surface area contributed by atoms with Crippen LogP contribution in [-0.4, -0.2) is 26.7 Å². The van der Waals surface area contributed by atoms with E-state index >= 15 is 0 Å². The van der Waals surface area contributed by atoms with E-state index in [0.29, 0.717) is 6.61 Å². The van der Waals surface area contributed by atoms with Gasteiger partial charge in [0, 0.05) is 12.5 Å². The minimum absolute atomic E-state index is 0.190. The first kappa shape index (κ1) is 18.1. The summed E-state index contributed by atoms with van der Waals surface area (Å²) in [5.74, 6) is -3.37. The van der Waals surface area contributed by atoms with E-state index in [0.717, 1.165) is 29.4 Å². The van der Waals surface area contributed by atoms with Gasteiger partial charge in [-0.2, -0.15) is 8.78 Å². The third kappa shape index (κ3) is 3.75. The average molecular weight is 379 g/mol. The lowest BCUT2D eigenvalue weighted by Crippen LogP contribution is -2.16. The van der Waals surface area contributed by atoms with Crippen LogP contribution < -0.4 is 10.1 Å². The van der Waals surface area contributed by atoms with E-state index in [2.05, 4.69) is 5.32 Å². The summed E-state index contributed by atoms with van der Waals surface area (Å²) in [5.41, 5.74) is 1.63. The lowest BCUT2D eigenvalue weighted by molar-refractivity contribution is -0.111. The van der Waals surface area contributed by atoms with Crippen molar-refractivity contribution in [2.45, 2.75) is 17.1 Å². The predicted molar refractivity (Wildman–Crippen MR) is 92.9 cm³/mol. The molecule has 0 saturated carbocycles. The molecule has 0 atom stereocenters. The van der Waals surface area contributed by atoms with Crippen LogP contribution in [0.3, 0.4) is 0 Å². The molecule has 1 amide bonds. The fourth-order valence-corrected chi connectivity index (χ4v) is 3.46. The number of rotatable bonds is 5. The third-order valence-electron chi connectivity index (χ3n) is 3.83. The number of nitrogens with one attached hydrogen (secondary N) is 1. The van der Waals surface area contributed by atoms with E-state index in [1.54, 1.807) is 12.1 Å². The van der Waals surface area contributed by atoms with Crippen molar-refractivity contribution in [3.63, 3.8) is 0 Å². The molecule has 0 bridgehead atoms. The van der Waals surface area contributed by atoms with Crippen molar-refractivity contribution in [1.82, 2.24) is 0 Å². The second-order valence-electron chi connectivity index (χ2n) is 5.59. The highest BCUT2D eigenvalue weighted by atomic mass is 32.2. The SMILES string of the molecule is O=C(/C=C/c1ccc2c(c1)CCO2)Nc1ccccc1S(=O)(=O)C(F)F. The molecule has 136 valence electrons. The van der Waals surface area contributed by atoms with Crippen LogP contribution in [0.25, 0.3) is 6.08 Å². The number of sulfone groups is 1. The summed E-state index contributed by atoms with van der Waals surface area (Å²) < 4.78 is 54.3. The highest BCUT2D eigenvalue weighted by molar-refractivity contribution is 7.91. The highest BCUT2D eigenvalue weighted by Crippen LogP contribution is 2.27. The Labute approximate surface area is 149 Å². The van der Waals surface area contributed by atoms with E-state index < -0.39 is 26.4 Å². The molecule has 2 aromatic rings. The summed E-state index contributed by atoms with van der Waals surface area (Å²) in [4.78, 5) is 11.4. The number of carbonyl (C=O) groups excluding carboxylic acids is 1. The molecular weight excluding hydrogens is 364 g/mol. The summed E-state index contributed by atoms with van der Waals surface area (Å²) in [6.45, 7) is 0.623. The molecular formula is C18H15F2NO4S. The number of anilines is 1. The van der Waals surface area contributed by atoms with Crippen LogP contribution in [0.5, 0.6) is 5.75 Å². The van der Waals surface area contributed by atoms with E-state index in [4.69, 9.17) is 4.74 Å². The first-order chi connectivity index (χ1) is 12.4. The van der Waals surface area contributed by atoms with Gasteiger partial charge < -0.3 is 10.1 Å². The monoisotopic (exact) mass is 379 g/mol. The number of fused-ring (bicyclic) bond motifs is 1. The topological polar surface area (TPSA) is 72.5 Å². The number of ether oxygens (including phenoxy) is 1. The third-order valence-corrected chi connectivity index (χ3v) is 5.26. The van der Waals surface area contributed by atoms with Gasteiger partial charge in [-0.1, -0.05) is 18.2 Å². The lowest BCUT2D eigenvalue weighted by Gasteiger charge is -2.10. The van der Waals surface area contributed by atoms with Crippen molar-refractivity contribution in [1.29, 1.82) is 0 Å². The number of alkyl halides is 2. The Morgan fingerprint density at radius 3 is 2.73 bits per heavy atom. The van der Waals surface area contributed by atoms with Gasteiger partial charge in [0.15, 0.2) is 0 Å². The van der Waals surface area contributed by atoms with E-state index in [-0.39, 0.29) is 5.69 Å². The summed E-state index contributed by atoms with van der Waals surface area (Å²) in [6.07, 6.45) is 3.56. The second-order valence-corrected chi connectivity index (χ2v) is 7.48. The van der Waals surface area contributed by atoms with Gasteiger partial charge in [-0.15, -0.1) is 0 Å². The summed E-state index contributed by atoms with van der Waals surface area (Å²) in [6, 6.07) is 10.5. The van der Waals surface area contributed by atoms with Crippen LogP contribution in [0.2, 0.25) is 0 Å². The normalized spacial score (nSPS) is 13.7. The van der Waals surface area contributed by atoms with Gasteiger partial charge in [0.2, 0.25) is 15.7 Å². The van der Waals surface area contributed by atoms with Crippen LogP contribution in [0.15, 0.2) is 53.4 Å². The number of carbonyl (C=O) groups is 1. The number of hydrogen-bond acceptors (Lipinski definition) is 4. The Kier molecular flexibility index (Phi) is 5.03. The molecule has 8 heteroatoms. The average Bonchev–Trinajstić information content (AvgIpc) is 3.08. The van der Waals surface area contributed by atoms with Gasteiger partial charge in [0.05, 0.1) is 17.2 Å². The fraction of sp³-hybridized carbons (Fsp3) is 0.167. The quantitative estimate of drug-likeness (QED) is 0.810. The van der Waals surface area contributed by atoms with Gasteiger partial charge in [0.1, 0.15) is 5.75 Å². The van der Waals surface area contributed by atoms with Crippen molar-refractivity contribution in [3.05, 3.63) is 59.7 Å². The summed E-state index contributed by atoms with van der Waals surface area (Å²) in [7, 11) is -4.81. The maximum atomic E-state index is 12.8. The first-order valence-corrected chi connectivity index (χ1v) is 9.28. The van der Waals surface area contributed by atoms with Gasteiger partial charge in [0.25, 0.3) is 0 Å². The van der Waals surface area contributed by atoms with Crippen molar-refractivity contribution in [3.8, 4) is 5.75 Å². The minimum atomic E-state index is -4.81. The molecule has 5 nitrogen and oxygen atoms in total. The van der Waals surface area contributed by atoms with Gasteiger partial charge in [-0.3, -0.25) is 4.79 Å². The molecule has 1 aliphatic heterocycles. The molecule has 1 N–H and O–H groups in total. The smallest absolute Gasteiger partial charge is 0.341 e. The largest absolute Gasteiger partial charge is 0.493 e. The standard InChI is InChI=1S/C18H15F2NO4S/c19-18(20)26(23,24)16-4-2-1-3-14(16)21-17(22)8-6-12-5-7-15-13(11-12)9-10-25-15/h1-8,11,18H,9-10H2,(H,21,22)/b8-6+. The van der Waals surface area contributed by atoms with Crippen LogP contribution in [0.1, 0.15) is 11.1 Å². The van der Waals surface area contributed by atoms with Crippen LogP contribution in [0, 0.1) is 0 Å². The van der Waals surface area contributed by atoms with Crippen LogP contribution in [-0.2, 0) is 21.1 Å². The fourth-order valence-electron chi connectivity index (χ4n) is 2.57. The zero-order valence-corrected chi connectivity index (χ0v) is 14.3. The Hall–Kier alpha value is -2.74. The molecule has 1 heterocycles. The molecule has 3 rings (SSSR count). The molecule has 2 aromatic carbocycles. The maximum Gasteiger partial charge on any atom is 0.341 e. The number of para-hydroxylation sites is 1. The second kappa shape index (κ2) is 7.25. The molecule has 0 aromatic heterocycles. The van der Waals surface area contributed by atoms with Crippen LogP contribution in [0.4, 0.5) is 14.5 Å². The number of benzene rings is 2. The zero-order chi connectivity index (χ0) is 18.7. The molecule has 0 radical (unpaired) electrons. The van der Waals surface area contributed by atoms with E-state index in [9.17, 15) is 22.0 Å². The van der Waals surface area contributed by atoms with Crippen molar-refractivity contribution in [2.75, 3.05) is 11.9 Å². The Bertz CT molecular complexity index is 971. The van der Waals surface area contributed by atoms with E-state index in [1.165, 1.54) is 24.3 Å². The Morgan fingerprint density at radius 1 is 1.19 bits per heavy atom. The van der Waals surface area contributed by atoms with E-state index in [1.807, 2.05) is 12.1 Å². The van der Waals surface area contributed by atoms with Crippen molar-refractivity contribution in [2.24, 2.45) is 0 Å². The number of amides is 1. The molecule has 0 spiro atoms. The molecule has 26 heavy (non-hydrogen) atoms. The van der Waals surface area contributed by atoms with Crippen LogP contribution >= 0.6 is 0 Å². The van der Waals surface area contributed by atoms with Crippen molar-refractivity contribution >= 4 is 27.5 Å². The molecule has 0 saturated heterocycles. The lowest BCUT2D eigenvalue weighted by atomic mass is 10.1. The van der Waals surface area contributed by atoms with Crippen molar-refractivity contribution < 1.29 is 26.7 Å². The first-order valence-electron chi connectivity index (χ1n) is 7.74. The molecule has 0 unspecified atom stereocenters. The van der Waals surface area contributed by atoms with Gasteiger partial charge >= 0.3 is 5.76 Å². The molecule has 0 aliphatic carbocycles. The van der Waals surface area contributed by atoms with Gasteiger partial charge in [-0.05, 0) is 41.5 Å². The highest BCUT2D eigenvalue weighted by Gasteiger charge is 2.29. The predicted octanol–water partition coefficient (Wildman–Crippen LogP) is 3.27.